The van der Waals surface area contributed by atoms with E-state index < -0.39 is 0 Å². The fraction of sp³-hybridized carbons (Fsp3) is 0.0909. The van der Waals surface area contributed by atoms with E-state index >= 15 is 0 Å². The maximum absolute atomic E-state index is 13.4. The van der Waals surface area contributed by atoms with E-state index in [0.29, 0.717) is 17.1 Å². The van der Waals surface area contributed by atoms with Gasteiger partial charge in [-0.25, -0.2) is 4.39 Å². The fourth-order valence-corrected chi connectivity index (χ4v) is 1.66. The Hall–Kier alpha value is -1.13. The summed E-state index contributed by atoms with van der Waals surface area (Å²) in [6.45, 7) is -0.185. The Kier molecular flexibility index (Phi) is 2.88. The fourth-order valence-electron chi connectivity index (χ4n) is 1.29. The van der Waals surface area contributed by atoms with E-state index in [1.165, 1.54) is 6.07 Å². The summed E-state index contributed by atoms with van der Waals surface area (Å²) in [5.74, 6) is 0.485. The Morgan fingerprint density at radius 2 is 2.07 bits per heavy atom. The quantitative estimate of drug-likeness (QED) is 0.908. The van der Waals surface area contributed by atoms with Crippen LogP contribution in [0.4, 0.5) is 4.39 Å². The third kappa shape index (κ3) is 2.11. The van der Waals surface area contributed by atoms with Crippen LogP contribution in [0, 0.1) is 5.82 Å². The first-order chi connectivity index (χ1) is 7.20. The van der Waals surface area contributed by atoms with Gasteiger partial charge in [-0.15, -0.1) is 0 Å². The van der Waals surface area contributed by atoms with Gasteiger partial charge in [0.15, 0.2) is 0 Å². The third-order valence-corrected chi connectivity index (χ3v) is 2.50. The molecule has 0 bridgehead atoms. The molecule has 0 radical (unpaired) electrons. The minimum Gasteiger partial charge on any atom is -0.459 e. The van der Waals surface area contributed by atoms with Crippen LogP contribution in [0.3, 0.4) is 0 Å². The predicted octanol–water partition coefficient (Wildman–Crippen LogP) is 3.34. The SMILES string of the molecule is OCc1ccc(-c2cc(Br)ccc2F)o1. The van der Waals surface area contributed by atoms with Crippen molar-refractivity contribution in [3.8, 4) is 11.3 Å². The van der Waals surface area contributed by atoms with Gasteiger partial charge in [0, 0.05) is 4.47 Å². The molecule has 15 heavy (non-hydrogen) atoms. The molecule has 1 heterocycles. The summed E-state index contributed by atoms with van der Waals surface area (Å²) in [7, 11) is 0. The van der Waals surface area contributed by atoms with Crippen LogP contribution in [0.25, 0.3) is 11.3 Å². The summed E-state index contributed by atoms with van der Waals surface area (Å²) in [6, 6.07) is 7.87. The molecule has 2 aromatic rings. The molecule has 2 rings (SSSR count). The maximum Gasteiger partial charge on any atom is 0.137 e. The predicted molar refractivity (Wildman–Crippen MR) is 57.7 cm³/mol. The second-order valence-corrected chi connectivity index (χ2v) is 3.96. The highest BCUT2D eigenvalue weighted by Crippen LogP contribution is 2.27. The molecule has 1 aromatic heterocycles. The van der Waals surface area contributed by atoms with Crippen molar-refractivity contribution in [1.29, 1.82) is 0 Å². The minimum absolute atomic E-state index is 0.185. The number of aliphatic hydroxyl groups is 1. The average molecular weight is 271 g/mol. The number of furan rings is 1. The highest BCUT2D eigenvalue weighted by Gasteiger charge is 2.09. The molecular formula is C11H8BrFO2. The molecule has 2 nitrogen and oxygen atoms in total. The highest BCUT2D eigenvalue weighted by atomic mass is 79.9. The van der Waals surface area contributed by atoms with E-state index in [9.17, 15) is 4.39 Å². The third-order valence-electron chi connectivity index (χ3n) is 2.01. The van der Waals surface area contributed by atoms with Crippen molar-refractivity contribution in [3.05, 3.63) is 46.4 Å². The van der Waals surface area contributed by atoms with E-state index in [4.69, 9.17) is 9.52 Å². The van der Waals surface area contributed by atoms with Gasteiger partial charge in [0.25, 0.3) is 0 Å². The first-order valence-corrected chi connectivity index (χ1v) is 5.15. The van der Waals surface area contributed by atoms with Crippen LogP contribution < -0.4 is 0 Å². The number of benzene rings is 1. The van der Waals surface area contributed by atoms with Gasteiger partial charge in [0.2, 0.25) is 0 Å². The molecular weight excluding hydrogens is 263 g/mol. The molecule has 0 aliphatic carbocycles. The largest absolute Gasteiger partial charge is 0.459 e. The van der Waals surface area contributed by atoms with Crippen molar-refractivity contribution in [2.45, 2.75) is 6.61 Å². The van der Waals surface area contributed by atoms with Crippen LogP contribution in [0.2, 0.25) is 0 Å². The molecule has 0 fully saturated rings. The maximum atomic E-state index is 13.4. The standard InChI is InChI=1S/C11H8BrFO2/c12-7-1-3-10(13)9(5-7)11-4-2-8(6-14)15-11/h1-5,14H,6H2. The molecule has 0 spiro atoms. The van der Waals surface area contributed by atoms with E-state index in [2.05, 4.69) is 15.9 Å². The molecule has 0 saturated heterocycles. The van der Waals surface area contributed by atoms with Crippen molar-refractivity contribution >= 4 is 15.9 Å². The van der Waals surface area contributed by atoms with Gasteiger partial charge >= 0.3 is 0 Å². The lowest BCUT2D eigenvalue weighted by Gasteiger charge is -2.00. The Morgan fingerprint density at radius 3 is 2.73 bits per heavy atom. The first kappa shape index (κ1) is 10.4. The molecule has 1 aromatic carbocycles. The monoisotopic (exact) mass is 270 g/mol. The summed E-state index contributed by atoms with van der Waals surface area (Å²) in [5.41, 5.74) is 0.379. The second kappa shape index (κ2) is 4.16. The molecule has 0 amide bonds. The Bertz CT molecular complexity index is 479. The molecule has 0 saturated carbocycles. The molecule has 0 unspecified atom stereocenters. The smallest absolute Gasteiger partial charge is 0.137 e. The summed E-state index contributed by atoms with van der Waals surface area (Å²) in [4.78, 5) is 0. The van der Waals surface area contributed by atoms with Crippen molar-refractivity contribution in [2.24, 2.45) is 0 Å². The number of hydrogen-bond donors (Lipinski definition) is 1. The number of aliphatic hydroxyl groups excluding tert-OH is 1. The van der Waals surface area contributed by atoms with Crippen molar-refractivity contribution in [2.75, 3.05) is 0 Å². The van der Waals surface area contributed by atoms with Gasteiger partial charge in [0.05, 0.1) is 5.56 Å². The minimum atomic E-state index is -0.350. The molecule has 0 aliphatic rings. The molecule has 0 aliphatic heterocycles. The summed E-state index contributed by atoms with van der Waals surface area (Å²) in [6.07, 6.45) is 0. The van der Waals surface area contributed by atoms with E-state index in [-0.39, 0.29) is 12.4 Å². The number of rotatable bonds is 2. The zero-order chi connectivity index (χ0) is 10.8. The number of halogens is 2. The summed E-state index contributed by atoms with van der Waals surface area (Å²) in [5, 5.41) is 8.82. The molecule has 1 N–H and O–H groups in total. The second-order valence-electron chi connectivity index (χ2n) is 3.05. The van der Waals surface area contributed by atoms with Crippen molar-refractivity contribution in [1.82, 2.24) is 0 Å². The van der Waals surface area contributed by atoms with Gasteiger partial charge in [-0.2, -0.15) is 0 Å². The number of hydrogen-bond acceptors (Lipinski definition) is 2. The van der Waals surface area contributed by atoms with Gasteiger partial charge in [-0.3, -0.25) is 0 Å². The lowest BCUT2D eigenvalue weighted by atomic mass is 10.1. The Morgan fingerprint density at radius 1 is 1.27 bits per heavy atom. The van der Waals surface area contributed by atoms with Gasteiger partial charge in [-0.05, 0) is 30.3 Å². The van der Waals surface area contributed by atoms with Crippen LogP contribution in [0.1, 0.15) is 5.76 Å². The molecule has 4 heteroatoms. The van der Waals surface area contributed by atoms with Crippen LogP contribution in [-0.2, 0) is 6.61 Å². The van der Waals surface area contributed by atoms with Crippen LogP contribution in [0.5, 0.6) is 0 Å². The van der Waals surface area contributed by atoms with E-state index in [0.717, 1.165) is 4.47 Å². The van der Waals surface area contributed by atoms with Crippen molar-refractivity contribution < 1.29 is 13.9 Å². The van der Waals surface area contributed by atoms with Crippen LogP contribution >= 0.6 is 15.9 Å². The normalized spacial score (nSPS) is 10.6. The zero-order valence-corrected chi connectivity index (χ0v) is 9.29. The lowest BCUT2D eigenvalue weighted by molar-refractivity contribution is 0.248. The highest BCUT2D eigenvalue weighted by molar-refractivity contribution is 9.10. The summed E-state index contributed by atoms with van der Waals surface area (Å²) >= 11 is 3.26. The average Bonchev–Trinajstić information content (AvgIpc) is 2.70. The van der Waals surface area contributed by atoms with Crippen LogP contribution in [-0.4, -0.2) is 5.11 Å². The Balaban J connectivity index is 2.48. The summed E-state index contributed by atoms with van der Waals surface area (Å²) < 4.78 is 19.4. The van der Waals surface area contributed by atoms with Gasteiger partial charge in [-0.1, -0.05) is 15.9 Å². The van der Waals surface area contributed by atoms with Crippen molar-refractivity contribution in [3.63, 3.8) is 0 Å². The topological polar surface area (TPSA) is 33.4 Å². The first-order valence-electron chi connectivity index (χ1n) is 4.35. The Labute approximate surface area is 94.5 Å². The van der Waals surface area contributed by atoms with E-state index in [1.807, 2.05) is 0 Å². The lowest BCUT2D eigenvalue weighted by Crippen LogP contribution is -1.82. The van der Waals surface area contributed by atoms with Crippen LogP contribution in [0.15, 0.2) is 39.2 Å². The molecule has 0 atom stereocenters. The van der Waals surface area contributed by atoms with Gasteiger partial charge in [0.1, 0.15) is 23.9 Å². The zero-order valence-electron chi connectivity index (χ0n) is 7.71. The van der Waals surface area contributed by atoms with Gasteiger partial charge < -0.3 is 9.52 Å². The van der Waals surface area contributed by atoms with E-state index in [1.54, 1.807) is 24.3 Å². The molecule has 78 valence electrons.